The minimum atomic E-state index is 0. The van der Waals surface area contributed by atoms with Crippen LogP contribution in [0.5, 0.6) is 0 Å². The summed E-state index contributed by atoms with van der Waals surface area (Å²) in [5, 5.41) is 0. The van der Waals surface area contributed by atoms with Gasteiger partial charge in [0.15, 0.2) is 0 Å². The minimum Gasteiger partial charge on any atom is -0.358 e. The first-order valence-corrected chi connectivity index (χ1v) is 35.9. The summed E-state index contributed by atoms with van der Waals surface area (Å²) in [4.78, 5) is 9.14. The zero-order chi connectivity index (χ0) is 71.1. The Morgan fingerprint density at radius 3 is 0.284 bits per heavy atom. The molecule has 0 saturated heterocycles. The predicted octanol–water partition coefficient (Wildman–Crippen LogP) is 32.5. The van der Waals surface area contributed by atoms with Gasteiger partial charge in [-0.05, 0) is 190 Å². The summed E-state index contributed by atoms with van der Waals surface area (Å²) in [6, 6.07) is 137. The van der Waals surface area contributed by atoms with Gasteiger partial charge in [-0.1, -0.05) is 333 Å². The quantitative estimate of drug-likeness (QED) is 0.0894. The number of anilines is 12. The third-order valence-corrected chi connectivity index (χ3v) is 15.7. The molecule has 0 heterocycles. The molecule has 4 radical (unpaired) electrons. The fourth-order valence-corrected chi connectivity index (χ4v) is 11.3. The number of nitrogens with zero attached hydrogens (tertiary/aromatic N) is 4. The zero-order valence-electron chi connectivity index (χ0n) is 67.0. The van der Waals surface area contributed by atoms with E-state index in [2.05, 4.69) is 408 Å². The van der Waals surface area contributed by atoms with Crippen LogP contribution in [-0.4, -0.2) is 0 Å². The Bertz CT molecular complexity index is 3670. The number of para-hydroxylation sites is 8. The van der Waals surface area contributed by atoms with Crippen LogP contribution in [0.1, 0.15) is 90.5 Å². The predicted molar refractivity (Wildman–Crippen MR) is 474 cm³/mol. The molecule has 8 heteroatoms. The summed E-state index contributed by atoms with van der Waals surface area (Å²) in [7, 11) is 0. The molecule has 0 spiro atoms. The van der Waals surface area contributed by atoms with Crippen molar-refractivity contribution in [3.05, 3.63) is 418 Å². The topological polar surface area (TPSA) is 13.0 Å². The van der Waals surface area contributed by atoms with Gasteiger partial charge in [0.05, 0.1) is 0 Å². The SMILES string of the molecule is C.CC.CC.CC.CC.CC.CC.[CH3-].[CH3-].[CH3-].[CH3-].[Y].[Y].[Y].[Y].c1ccc(N(c2ccccc2)c2ccc(-c3ccc(-c4ccc(N(c5ccccc5)c5ccccc5)cc4)cc3)cc2)cc1.c1ccc(N(c2ccccc2)c2ccc(-c3ccc(-c4ccc(N(c5ccccc5)c5ccccc5)cc4)cc3)cc2)cc1. The van der Waals surface area contributed by atoms with E-state index in [9.17, 15) is 0 Å². The van der Waals surface area contributed by atoms with E-state index in [1.54, 1.807) is 0 Å². The van der Waals surface area contributed by atoms with Gasteiger partial charge >= 0.3 is 0 Å². The van der Waals surface area contributed by atoms with Crippen molar-refractivity contribution in [2.24, 2.45) is 0 Å². The van der Waals surface area contributed by atoms with E-state index in [4.69, 9.17) is 0 Å². The van der Waals surface area contributed by atoms with E-state index in [1.165, 1.54) is 44.5 Å². The largest absolute Gasteiger partial charge is 0.358 e. The Kier molecular flexibility index (Phi) is 58.7. The van der Waals surface area contributed by atoms with Gasteiger partial charge in [-0.3, -0.25) is 0 Å². The second-order valence-electron chi connectivity index (χ2n) is 21.4. The molecular formula is C101H116N4Y4-4. The normalized spacial score (nSPS) is 8.99. The Balaban J connectivity index is -0.00000169. The van der Waals surface area contributed by atoms with Gasteiger partial charge in [0.2, 0.25) is 0 Å². The van der Waals surface area contributed by atoms with E-state index in [-0.39, 0.29) is 168 Å². The second kappa shape index (κ2) is 60.4. The van der Waals surface area contributed by atoms with Gasteiger partial charge in [-0.25, -0.2) is 0 Å². The van der Waals surface area contributed by atoms with Crippen LogP contribution in [0.15, 0.2) is 388 Å². The van der Waals surface area contributed by atoms with E-state index in [0.717, 1.165) is 68.2 Å². The first-order chi connectivity index (χ1) is 49.7. The molecule has 14 aromatic carbocycles. The van der Waals surface area contributed by atoms with Gasteiger partial charge in [0.25, 0.3) is 0 Å². The van der Waals surface area contributed by atoms with Crippen molar-refractivity contribution in [2.45, 2.75) is 90.5 Å². The standard InChI is InChI=1S/2C42H32N2.6C2H6.CH4.4CH3.4Y/c2*1-5-13-37(14-6-1)43(38-15-7-2-8-16-38)41-29-25-35(26-30-41)33-21-23-34(24-22-33)36-27-31-42(32-28-36)44(39-17-9-3-10-18-39)40-19-11-4-12-20-40;6*1-2;;;;;;;;;/h2*1-32H;6*1-2H3;1H4;4*1H3;;;;/q;;;;;;;;;4*-1;;;;. The maximum atomic E-state index is 2.28. The molecule has 0 aliphatic rings. The molecule has 109 heavy (non-hydrogen) atoms. The molecule has 0 bridgehead atoms. The average molecular weight is 1740 g/mol. The summed E-state index contributed by atoms with van der Waals surface area (Å²) < 4.78 is 0. The van der Waals surface area contributed by atoms with Crippen LogP contribution in [0.2, 0.25) is 0 Å². The average Bonchev–Trinajstić information content (AvgIpc) is 0.812. The van der Waals surface area contributed by atoms with Gasteiger partial charge in [0, 0.05) is 199 Å². The molecule has 556 valence electrons. The maximum absolute atomic E-state index is 2.28. The Labute approximate surface area is 762 Å². The van der Waals surface area contributed by atoms with Crippen LogP contribution in [0.25, 0.3) is 44.5 Å². The molecule has 0 unspecified atom stereocenters. The minimum absolute atomic E-state index is 0. The Hall–Kier alpha value is -7.30. The molecule has 0 aliphatic heterocycles. The van der Waals surface area contributed by atoms with Crippen LogP contribution in [0, 0.1) is 29.7 Å². The van der Waals surface area contributed by atoms with Crippen molar-refractivity contribution in [3.8, 4) is 44.5 Å². The van der Waals surface area contributed by atoms with Gasteiger partial charge in [-0.15, -0.1) is 0 Å². The summed E-state index contributed by atoms with van der Waals surface area (Å²) in [5.41, 5.74) is 23.2. The van der Waals surface area contributed by atoms with Crippen molar-refractivity contribution in [3.63, 3.8) is 0 Å². The molecule has 0 saturated carbocycles. The van der Waals surface area contributed by atoms with Crippen molar-refractivity contribution in [2.75, 3.05) is 19.6 Å². The van der Waals surface area contributed by atoms with Crippen molar-refractivity contribution in [1.29, 1.82) is 0 Å². The molecule has 0 N–H and O–H groups in total. The van der Waals surface area contributed by atoms with Crippen LogP contribution < -0.4 is 19.6 Å². The van der Waals surface area contributed by atoms with Crippen LogP contribution >= 0.6 is 0 Å². The third-order valence-electron chi connectivity index (χ3n) is 15.7. The molecular weight excluding hydrogens is 1620 g/mol. The first kappa shape index (κ1) is 106. The molecule has 14 rings (SSSR count). The molecule has 0 aromatic heterocycles. The smallest absolute Gasteiger partial charge is 0.0462 e. The molecule has 14 aromatic rings. The summed E-state index contributed by atoms with van der Waals surface area (Å²) >= 11 is 0. The van der Waals surface area contributed by atoms with Crippen molar-refractivity contribution < 1.29 is 131 Å². The molecule has 0 aliphatic carbocycles. The van der Waals surface area contributed by atoms with E-state index in [0.29, 0.717) is 0 Å². The first-order valence-electron chi connectivity index (χ1n) is 35.9. The summed E-state index contributed by atoms with van der Waals surface area (Å²) in [6.45, 7) is 24.0. The maximum Gasteiger partial charge on any atom is 0.0462 e. The summed E-state index contributed by atoms with van der Waals surface area (Å²) in [6.07, 6.45) is 0. The van der Waals surface area contributed by atoms with Gasteiger partial charge < -0.3 is 49.3 Å². The number of hydrogen-bond donors (Lipinski definition) is 0. The number of benzene rings is 14. The van der Waals surface area contributed by atoms with Gasteiger partial charge in [0.1, 0.15) is 0 Å². The number of rotatable bonds is 16. The van der Waals surface area contributed by atoms with Gasteiger partial charge in [-0.2, -0.15) is 0 Å². The zero-order valence-corrected chi connectivity index (χ0v) is 78.4. The molecule has 4 nitrogen and oxygen atoms in total. The van der Waals surface area contributed by atoms with E-state index < -0.39 is 0 Å². The van der Waals surface area contributed by atoms with Crippen molar-refractivity contribution in [1.82, 2.24) is 0 Å². The van der Waals surface area contributed by atoms with E-state index >= 15 is 0 Å². The Morgan fingerprint density at radius 1 is 0.119 bits per heavy atom. The van der Waals surface area contributed by atoms with Crippen LogP contribution in [0.3, 0.4) is 0 Å². The molecule has 0 amide bonds. The van der Waals surface area contributed by atoms with Crippen LogP contribution in [0.4, 0.5) is 68.2 Å². The molecule has 0 atom stereocenters. The molecule has 0 fully saturated rings. The third kappa shape index (κ3) is 30.0. The fraction of sp³-hybridized carbons (Fsp3) is 0.129. The summed E-state index contributed by atoms with van der Waals surface area (Å²) in [5.74, 6) is 0. The fourth-order valence-electron chi connectivity index (χ4n) is 11.3. The van der Waals surface area contributed by atoms with Crippen LogP contribution in [-0.2, 0) is 131 Å². The number of hydrogen-bond acceptors (Lipinski definition) is 4. The monoisotopic (exact) mass is 1740 g/mol. The Morgan fingerprint density at radius 2 is 0.193 bits per heavy atom. The van der Waals surface area contributed by atoms with Crippen molar-refractivity contribution >= 4 is 68.2 Å². The van der Waals surface area contributed by atoms with E-state index in [1.807, 2.05) is 83.1 Å². The second-order valence-corrected chi connectivity index (χ2v) is 21.4.